The van der Waals surface area contributed by atoms with Gasteiger partial charge in [0.05, 0.1) is 0 Å². The number of carbonyl (C=O) groups is 4. The summed E-state index contributed by atoms with van der Waals surface area (Å²) in [5.74, 6) is -3.32. The standard InChI is InChI=1S/C15H21FO10/c1-6(17)22-5-10(16)11-12(23-7(2)18)13(24-8(3)19)14(15(21)26-11)25-9(4)20/h10-15,21H,5H2,1-4H3/t10?,11-,12-,13+,14+,15-/m1/s1. The number of halogens is 1. The number of ether oxygens (including phenoxy) is 5. The average molecular weight is 380 g/mol. The normalized spacial score (nSPS) is 29.2. The van der Waals surface area contributed by atoms with Crippen molar-refractivity contribution in [3.05, 3.63) is 0 Å². The lowest BCUT2D eigenvalue weighted by Gasteiger charge is -2.43. The van der Waals surface area contributed by atoms with E-state index in [1.54, 1.807) is 0 Å². The Balaban J connectivity index is 3.16. The van der Waals surface area contributed by atoms with Gasteiger partial charge in [-0.25, -0.2) is 4.39 Å². The Morgan fingerprint density at radius 3 is 1.81 bits per heavy atom. The summed E-state index contributed by atoms with van der Waals surface area (Å²) in [5.41, 5.74) is 0. The fourth-order valence-corrected chi connectivity index (χ4v) is 2.40. The van der Waals surface area contributed by atoms with E-state index in [4.69, 9.17) is 18.9 Å². The predicted molar refractivity (Wildman–Crippen MR) is 79.1 cm³/mol. The molecule has 0 amide bonds. The summed E-state index contributed by atoms with van der Waals surface area (Å²) in [4.78, 5) is 44.9. The SMILES string of the molecule is CC(=O)OCC(F)[C@H]1O[C@@H](O)[C@@H](OC(C)=O)[C@@H](OC(C)=O)[C@@H]1OC(C)=O. The first kappa shape index (κ1) is 21.8. The molecule has 1 rings (SSSR count). The van der Waals surface area contributed by atoms with Crippen LogP contribution in [0.1, 0.15) is 27.7 Å². The number of hydrogen-bond donors (Lipinski definition) is 1. The largest absolute Gasteiger partial charge is 0.463 e. The smallest absolute Gasteiger partial charge is 0.303 e. The Labute approximate surface area is 148 Å². The van der Waals surface area contributed by atoms with E-state index in [0.29, 0.717) is 0 Å². The molecular weight excluding hydrogens is 359 g/mol. The summed E-state index contributed by atoms with van der Waals surface area (Å²) >= 11 is 0. The third-order valence-corrected chi connectivity index (χ3v) is 3.26. The highest BCUT2D eigenvalue weighted by Gasteiger charge is 2.54. The first-order chi connectivity index (χ1) is 12.0. The zero-order valence-corrected chi connectivity index (χ0v) is 14.7. The second-order valence-electron chi connectivity index (χ2n) is 5.53. The van der Waals surface area contributed by atoms with E-state index < -0.39 is 67.4 Å². The van der Waals surface area contributed by atoms with Crippen LogP contribution < -0.4 is 0 Å². The number of carbonyl (C=O) groups excluding carboxylic acids is 4. The van der Waals surface area contributed by atoms with Crippen LogP contribution in [0.25, 0.3) is 0 Å². The lowest BCUT2D eigenvalue weighted by Crippen LogP contribution is -2.63. The van der Waals surface area contributed by atoms with Gasteiger partial charge < -0.3 is 28.8 Å². The van der Waals surface area contributed by atoms with Crippen LogP contribution in [-0.2, 0) is 42.9 Å². The van der Waals surface area contributed by atoms with Gasteiger partial charge in [-0.05, 0) is 0 Å². The van der Waals surface area contributed by atoms with Crippen LogP contribution in [0.2, 0.25) is 0 Å². The molecule has 26 heavy (non-hydrogen) atoms. The van der Waals surface area contributed by atoms with Gasteiger partial charge in [-0.15, -0.1) is 0 Å². The highest BCUT2D eigenvalue weighted by Crippen LogP contribution is 2.30. The van der Waals surface area contributed by atoms with Crippen molar-refractivity contribution < 1.29 is 52.4 Å². The van der Waals surface area contributed by atoms with Gasteiger partial charge in [-0.1, -0.05) is 0 Å². The van der Waals surface area contributed by atoms with E-state index in [1.807, 2.05) is 0 Å². The molecule has 0 aromatic heterocycles. The Morgan fingerprint density at radius 1 is 0.885 bits per heavy atom. The summed E-state index contributed by atoms with van der Waals surface area (Å²) in [5, 5.41) is 10.0. The van der Waals surface area contributed by atoms with Crippen molar-refractivity contribution in [3.63, 3.8) is 0 Å². The summed E-state index contributed by atoms with van der Waals surface area (Å²) in [6, 6.07) is 0. The zero-order valence-electron chi connectivity index (χ0n) is 14.7. The minimum atomic E-state index is -2.03. The van der Waals surface area contributed by atoms with E-state index in [9.17, 15) is 28.7 Å². The van der Waals surface area contributed by atoms with Crippen LogP contribution in [0.5, 0.6) is 0 Å². The summed E-state index contributed by atoms with van der Waals surface area (Å²) in [6.07, 6.45) is -10.2. The van der Waals surface area contributed by atoms with Crippen molar-refractivity contribution in [3.8, 4) is 0 Å². The second kappa shape index (κ2) is 9.43. The van der Waals surface area contributed by atoms with Gasteiger partial charge in [0.15, 0.2) is 30.8 Å². The molecule has 11 heteroatoms. The molecule has 0 bridgehead atoms. The Hall–Kier alpha value is -2.27. The van der Waals surface area contributed by atoms with Crippen LogP contribution in [0.15, 0.2) is 0 Å². The molecule has 1 aliphatic heterocycles. The Morgan fingerprint density at radius 2 is 1.35 bits per heavy atom. The van der Waals surface area contributed by atoms with Crippen molar-refractivity contribution in [2.45, 2.75) is 64.6 Å². The van der Waals surface area contributed by atoms with Gasteiger partial charge in [0.25, 0.3) is 0 Å². The number of hydrogen-bond acceptors (Lipinski definition) is 10. The third-order valence-electron chi connectivity index (χ3n) is 3.26. The molecule has 0 aromatic carbocycles. The van der Waals surface area contributed by atoms with Gasteiger partial charge in [-0.3, -0.25) is 19.2 Å². The molecule has 6 atom stereocenters. The minimum Gasteiger partial charge on any atom is -0.463 e. The molecule has 10 nitrogen and oxygen atoms in total. The van der Waals surface area contributed by atoms with Gasteiger partial charge >= 0.3 is 23.9 Å². The highest BCUT2D eigenvalue weighted by atomic mass is 19.1. The number of rotatable bonds is 6. The van der Waals surface area contributed by atoms with Crippen LogP contribution in [0, 0.1) is 0 Å². The first-order valence-corrected chi connectivity index (χ1v) is 7.65. The highest BCUT2D eigenvalue weighted by molar-refractivity contribution is 5.68. The van der Waals surface area contributed by atoms with Crippen molar-refractivity contribution in [2.24, 2.45) is 0 Å². The topological polar surface area (TPSA) is 135 Å². The van der Waals surface area contributed by atoms with E-state index in [2.05, 4.69) is 4.74 Å². The van der Waals surface area contributed by atoms with E-state index in [-0.39, 0.29) is 0 Å². The van der Waals surface area contributed by atoms with Crippen molar-refractivity contribution in [2.75, 3.05) is 6.61 Å². The number of aliphatic hydroxyl groups excluding tert-OH is 1. The van der Waals surface area contributed by atoms with Gasteiger partial charge in [0.2, 0.25) is 0 Å². The molecule has 0 aliphatic carbocycles. The molecular formula is C15H21FO10. The molecule has 0 spiro atoms. The van der Waals surface area contributed by atoms with Crippen LogP contribution >= 0.6 is 0 Å². The summed E-state index contributed by atoms with van der Waals surface area (Å²) < 4.78 is 38.9. The van der Waals surface area contributed by atoms with Gasteiger partial charge in [0, 0.05) is 27.7 Å². The average Bonchev–Trinajstić information content (AvgIpc) is 2.49. The van der Waals surface area contributed by atoms with Gasteiger partial charge in [0.1, 0.15) is 12.7 Å². The predicted octanol–water partition coefficient (Wildman–Crippen LogP) is -0.600. The molecule has 1 N–H and O–H groups in total. The maximum Gasteiger partial charge on any atom is 0.303 e. The van der Waals surface area contributed by atoms with Crippen molar-refractivity contribution in [1.82, 2.24) is 0 Å². The van der Waals surface area contributed by atoms with Crippen LogP contribution in [0.4, 0.5) is 4.39 Å². The van der Waals surface area contributed by atoms with Gasteiger partial charge in [-0.2, -0.15) is 0 Å². The lowest BCUT2D eigenvalue weighted by molar-refractivity contribution is -0.301. The first-order valence-electron chi connectivity index (χ1n) is 7.65. The summed E-state index contributed by atoms with van der Waals surface area (Å²) in [7, 11) is 0. The molecule has 1 unspecified atom stereocenters. The quantitative estimate of drug-likeness (QED) is 0.470. The zero-order chi connectivity index (χ0) is 20.0. The monoisotopic (exact) mass is 380 g/mol. The van der Waals surface area contributed by atoms with Crippen molar-refractivity contribution in [1.29, 1.82) is 0 Å². The molecule has 1 fully saturated rings. The number of esters is 4. The molecule has 148 valence electrons. The lowest BCUT2D eigenvalue weighted by atomic mass is 9.95. The molecule has 0 saturated carbocycles. The summed E-state index contributed by atoms with van der Waals surface area (Å²) in [6.45, 7) is 3.38. The maximum atomic E-state index is 14.5. The number of alkyl halides is 1. The van der Waals surface area contributed by atoms with E-state index in [0.717, 1.165) is 27.7 Å². The van der Waals surface area contributed by atoms with Crippen molar-refractivity contribution >= 4 is 23.9 Å². The molecule has 1 aliphatic rings. The Kier molecular flexibility index (Phi) is 7.90. The third kappa shape index (κ3) is 6.23. The maximum absolute atomic E-state index is 14.5. The second-order valence-corrected chi connectivity index (χ2v) is 5.53. The fraction of sp³-hybridized carbons (Fsp3) is 0.733. The fourth-order valence-electron chi connectivity index (χ4n) is 2.40. The van der Waals surface area contributed by atoms with E-state index in [1.165, 1.54) is 0 Å². The Bertz CT molecular complexity index is 551. The van der Waals surface area contributed by atoms with E-state index >= 15 is 0 Å². The molecule has 1 saturated heterocycles. The van der Waals surface area contributed by atoms with Crippen LogP contribution in [-0.4, -0.2) is 72.5 Å². The molecule has 0 radical (unpaired) electrons. The minimum absolute atomic E-state index is 0.754. The molecule has 1 heterocycles. The molecule has 0 aromatic rings. The number of aliphatic hydroxyl groups is 1. The van der Waals surface area contributed by atoms with Crippen LogP contribution in [0.3, 0.4) is 0 Å².